The standard InChI is InChI=1S/C19H25N5OS/c1-3-10-22-17(25)15-6-4-5-7-16(15)24-18(22)20-23(19(24)26)13-21-11-8-14(2)9-12-21/h4-7,14H,3,8-13H2,1-2H3. The van der Waals surface area contributed by atoms with Crippen molar-refractivity contribution in [2.45, 2.75) is 46.3 Å². The number of nitrogens with zero attached hydrogens (tertiary/aromatic N) is 5. The highest BCUT2D eigenvalue weighted by Crippen LogP contribution is 2.18. The van der Waals surface area contributed by atoms with Crippen molar-refractivity contribution in [3.8, 4) is 0 Å². The molecule has 3 heterocycles. The molecule has 1 fully saturated rings. The summed E-state index contributed by atoms with van der Waals surface area (Å²) in [6.45, 7) is 7.84. The van der Waals surface area contributed by atoms with Crippen LogP contribution in [0.15, 0.2) is 29.1 Å². The van der Waals surface area contributed by atoms with Crippen LogP contribution in [0, 0.1) is 10.7 Å². The van der Waals surface area contributed by atoms with Gasteiger partial charge in [0.25, 0.3) is 5.56 Å². The van der Waals surface area contributed by atoms with Gasteiger partial charge >= 0.3 is 0 Å². The summed E-state index contributed by atoms with van der Waals surface area (Å²) in [5.41, 5.74) is 0.845. The number of rotatable bonds is 4. The van der Waals surface area contributed by atoms with Crippen molar-refractivity contribution in [3.63, 3.8) is 0 Å². The highest BCUT2D eigenvalue weighted by atomic mass is 32.1. The van der Waals surface area contributed by atoms with Crippen molar-refractivity contribution >= 4 is 28.9 Å². The molecule has 6 nitrogen and oxygen atoms in total. The summed E-state index contributed by atoms with van der Waals surface area (Å²) in [7, 11) is 0. The Hall–Kier alpha value is -1.99. The van der Waals surface area contributed by atoms with Gasteiger partial charge in [-0.15, -0.1) is 5.10 Å². The molecule has 2 aromatic heterocycles. The molecular weight excluding hydrogens is 346 g/mol. The maximum Gasteiger partial charge on any atom is 0.262 e. The zero-order valence-corrected chi connectivity index (χ0v) is 16.2. The van der Waals surface area contributed by atoms with E-state index in [9.17, 15) is 4.79 Å². The highest BCUT2D eigenvalue weighted by Gasteiger charge is 2.19. The Balaban J connectivity index is 1.88. The monoisotopic (exact) mass is 371 g/mol. The number of hydrogen-bond donors (Lipinski definition) is 0. The van der Waals surface area contributed by atoms with Crippen LogP contribution in [0.5, 0.6) is 0 Å². The van der Waals surface area contributed by atoms with E-state index in [-0.39, 0.29) is 5.56 Å². The van der Waals surface area contributed by atoms with Crippen LogP contribution in [0.4, 0.5) is 0 Å². The molecule has 0 radical (unpaired) electrons. The van der Waals surface area contributed by atoms with Crippen LogP contribution in [-0.4, -0.2) is 36.7 Å². The summed E-state index contributed by atoms with van der Waals surface area (Å²) < 4.78 is 6.24. The first-order valence-electron chi connectivity index (χ1n) is 9.43. The van der Waals surface area contributed by atoms with Crippen LogP contribution in [0.2, 0.25) is 0 Å². The molecule has 7 heteroatoms. The second kappa shape index (κ2) is 6.96. The number of para-hydroxylation sites is 1. The van der Waals surface area contributed by atoms with Crippen molar-refractivity contribution in [1.82, 2.24) is 23.6 Å². The number of hydrogen-bond acceptors (Lipinski definition) is 4. The van der Waals surface area contributed by atoms with Gasteiger partial charge in [0, 0.05) is 19.6 Å². The quantitative estimate of drug-likeness (QED) is 0.661. The van der Waals surface area contributed by atoms with E-state index in [1.807, 2.05) is 33.3 Å². The lowest BCUT2D eigenvalue weighted by molar-refractivity contribution is 0.146. The van der Waals surface area contributed by atoms with Crippen molar-refractivity contribution in [3.05, 3.63) is 39.4 Å². The number of aromatic nitrogens is 4. The molecule has 0 atom stereocenters. The van der Waals surface area contributed by atoms with E-state index in [1.165, 1.54) is 12.8 Å². The van der Waals surface area contributed by atoms with Crippen LogP contribution < -0.4 is 5.56 Å². The van der Waals surface area contributed by atoms with E-state index in [0.29, 0.717) is 29.1 Å². The Labute approximate surface area is 157 Å². The summed E-state index contributed by atoms with van der Waals surface area (Å²) in [6.07, 6.45) is 3.30. The van der Waals surface area contributed by atoms with Gasteiger partial charge in [-0.1, -0.05) is 26.0 Å². The Kier molecular flexibility index (Phi) is 4.67. The van der Waals surface area contributed by atoms with Crippen LogP contribution in [0.25, 0.3) is 16.7 Å². The fourth-order valence-electron chi connectivity index (χ4n) is 3.78. The SMILES string of the molecule is CCCn1c(=O)c2ccccc2n2c(=S)n(CN3CCC(C)CC3)nc12. The Morgan fingerprint density at radius 2 is 1.96 bits per heavy atom. The molecule has 0 N–H and O–H groups in total. The smallest absolute Gasteiger partial charge is 0.262 e. The van der Waals surface area contributed by atoms with Crippen LogP contribution in [0.3, 0.4) is 0 Å². The maximum atomic E-state index is 12.9. The van der Waals surface area contributed by atoms with E-state index < -0.39 is 0 Å². The molecule has 138 valence electrons. The molecule has 0 spiro atoms. The Morgan fingerprint density at radius 1 is 1.23 bits per heavy atom. The van der Waals surface area contributed by atoms with Gasteiger partial charge in [-0.05, 0) is 49.5 Å². The topological polar surface area (TPSA) is 47.5 Å². The summed E-state index contributed by atoms with van der Waals surface area (Å²) >= 11 is 5.75. The van der Waals surface area contributed by atoms with E-state index in [4.69, 9.17) is 17.3 Å². The minimum absolute atomic E-state index is 0.00824. The van der Waals surface area contributed by atoms with Crippen LogP contribution in [0.1, 0.15) is 33.1 Å². The average molecular weight is 372 g/mol. The number of piperidine rings is 1. The van der Waals surface area contributed by atoms with E-state index in [1.54, 1.807) is 4.57 Å². The van der Waals surface area contributed by atoms with E-state index in [2.05, 4.69) is 18.7 Å². The van der Waals surface area contributed by atoms with Gasteiger partial charge < -0.3 is 0 Å². The molecule has 4 rings (SSSR count). The van der Waals surface area contributed by atoms with Crippen LogP contribution >= 0.6 is 12.2 Å². The molecule has 0 saturated carbocycles. The first-order chi connectivity index (χ1) is 12.6. The summed E-state index contributed by atoms with van der Waals surface area (Å²) in [4.78, 5) is 15.3. The van der Waals surface area contributed by atoms with Gasteiger partial charge in [-0.25, -0.2) is 4.68 Å². The summed E-state index contributed by atoms with van der Waals surface area (Å²) in [5, 5.41) is 5.44. The average Bonchev–Trinajstić information content (AvgIpc) is 2.97. The Morgan fingerprint density at radius 3 is 2.69 bits per heavy atom. The third-order valence-electron chi connectivity index (χ3n) is 5.34. The molecule has 1 aliphatic rings. The molecule has 0 unspecified atom stereocenters. The molecule has 26 heavy (non-hydrogen) atoms. The second-order valence-corrected chi connectivity index (χ2v) is 7.70. The van der Waals surface area contributed by atoms with Gasteiger partial charge in [0.05, 0.1) is 17.6 Å². The predicted molar refractivity (Wildman–Crippen MR) is 106 cm³/mol. The summed E-state index contributed by atoms with van der Waals surface area (Å²) in [6, 6.07) is 7.66. The Bertz CT molecular complexity index is 1060. The number of aryl methyl sites for hydroxylation is 1. The zero-order chi connectivity index (χ0) is 18.3. The predicted octanol–water partition coefficient (Wildman–Crippen LogP) is 3.28. The van der Waals surface area contributed by atoms with E-state index >= 15 is 0 Å². The molecule has 3 aromatic rings. The molecule has 0 aliphatic carbocycles. The molecule has 1 aromatic carbocycles. The summed E-state index contributed by atoms with van der Waals surface area (Å²) in [5.74, 6) is 1.44. The van der Waals surface area contributed by atoms with Gasteiger partial charge in [0.15, 0.2) is 0 Å². The number of fused-ring (bicyclic) bond motifs is 3. The first kappa shape index (κ1) is 17.4. The van der Waals surface area contributed by atoms with Crippen molar-refractivity contribution in [2.24, 2.45) is 5.92 Å². The van der Waals surface area contributed by atoms with Crippen LogP contribution in [-0.2, 0) is 13.2 Å². The molecule has 1 saturated heterocycles. The molecule has 0 bridgehead atoms. The fourth-order valence-corrected chi connectivity index (χ4v) is 4.06. The highest BCUT2D eigenvalue weighted by molar-refractivity contribution is 7.71. The van der Waals surface area contributed by atoms with Gasteiger partial charge in [0.2, 0.25) is 10.5 Å². The molecular formula is C19H25N5OS. The third kappa shape index (κ3) is 2.89. The van der Waals surface area contributed by atoms with Gasteiger partial charge in [0.1, 0.15) is 0 Å². The van der Waals surface area contributed by atoms with Crippen molar-refractivity contribution in [1.29, 1.82) is 0 Å². The lowest BCUT2D eigenvalue weighted by atomic mass is 10.00. The second-order valence-electron chi connectivity index (χ2n) is 7.33. The molecule has 1 aliphatic heterocycles. The van der Waals surface area contributed by atoms with E-state index in [0.717, 1.165) is 30.9 Å². The normalized spacial score (nSPS) is 16.7. The van der Waals surface area contributed by atoms with Gasteiger partial charge in [-0.2, -0.15) is 0 Å². The third-order valence-corrected chi connectivity index (χ3v) is 5.73. The minimum atomic E-state index is 0.00824. The van der Waals surface area contributed by atoms with Crippen molar-refractivity contribution < 1.29 is 0 Å². The fraction of sp³-hybridized carbons (Fsp3) is 0.526. The van der Waals surface area contributed by atoms with Gasteiger partial charge in [-0.3, -0.25) is 18.7 Å². The minimum Gasteiger partial charge on any atom is -0.284 e. The number of likely N-dealkylation sites (tertiary alicyclic amines) is 1. The zero-order valence-electron chi connectivity index (χ0n) is 15.4. The largest absolute Gasteiger partial charge is 0.284 e. The lowest BCUT2D eigenvalue weighted by Crippen LogP contribution is -2.34. The van der Waals surface area contributed by atoms with Crippen molar-refractivity contribution in [2.75, 3.05) is 13.1 Å². The molecule has 0 amide bonds. The number of benzene rings is 1. The maximum absolute atomic E-state index is 12.9. The first-order valence-corrected chi connectivity index (χ1v) is 9.84. The lowest BCUT2D eigenvalue weighted by Gasteiger charge is -2.29.